The van der Waals surface area contributed by atoms with Crippen LogP contribution in [0.5, 0.6) is 5.75 Å². The molecule has 0 aromatic heterocycles. The number of hydrogen-bond donors (Lipinski definition) is 2. The minimum absolute atomic E-state index is 0.296. The second-order valence-electron chi connectivity index (χ2n) is 4.69. The van der Waals surface area contributed by atoms with Gasteiger partial charge in [-0.2, -0.15) is 0 Å². The van der Waals surface area contributed by atoms with E-state index < -0.39 is 5.54 Å². The van der Waals surface area contributed by atoms with E-state index >= 15 is 0 Å². The predicted molar refractivity (Wildman–Crippen MR) is 59.4 cm³/mol. The van der Waals surface area contributed by atoms with Crippen LogP contribution < -0.4 is 5.73 Å². The SMILES string of the molecule is CC(C)c1cc(O)cc(C(C)(C)N)c1. The molecular weight excluding hydrogens is 174 g/mol. The molecule has 0 aliphatic heterocycles. The molecule has 0 spiro atoms. The van der Waals surface area contributed by atoms with Gasteiger partial charge in [0.05, 0.1) is 0 Å². The monoisotopic (exact) mass is 193 g/mol. The van der Waals surface area contributed by atoms with Crippen molar-refractivity contribution in [1.29, 1.82) is 0 Å². The van der Waals surface area contributed by atoms with Crippen LogP contribution in [0.15, 0.2) is 18.2 Å². The van der Waals surface area contributed by atoms with Crippen LogP contribution in [-0.2, 0) is 5.54 Å². The van der Waals surface area contributed by atoms with Crippen molar-refractivity contribution < 1.29 is 5.11 Å². The summed E-state index contributed by atoms with van der Waals surface area (Å²) in [6.45, 7) is 8.07. The van der Waals surface area contributed by atoms with E-state index in [1.54, 1.807) is 12.1 Å². The number of hydrogen-bond acceptors (Lipinski definition) is 2. The van der Waals surface area contributed by atoms with Crippen molar-refractivity contribution in [3.63, 3.8) is 0 Å². The Hall–Kier alpha value is -1.02. The van der Waals surface area contributed by atoms with E-state index in [1.807, 2.05) is 13.8 Å². The van der Waals surface area contributed by atoms with E-state index in [4.69, 9.17) is 5.73 Å². The smallest absolute Gasteiger partial charge is 0.116 e. The van der Waals surface area contributed by atoms with Gasteiger partial charge in [0.2, 0.25) is 0 Å². The van der Waals surface area contributed by atoms with Gasteiger partial charge in [0.25, 0.3) is 0 Å². The van der Waals surface area contributed by atoms with Crippen molar-refractivity contribution in [1.82, 2.24) is 0 Å². The molecule has 0 saturated heterocycles. The Labute approximate surface area is 85.8 Å². The Bertz CT molecular complexity index is 324. The van der Waals surface area contributed by atoms with Gasteiger partial charge in [-0.05, 0) is 43.0 Å². The number of rotatable bonds is 2. The van der Waals surface area contributed by atoms with Crippen LogP contribution in [-0.4, -0.2) is 5.11 Å². The average molecular weight is 193 g/mol. The normalized spacial score (nSPS) is 12.1. The van der Waals surface area contributed by atoms with Crippen LogP contribution in [0.1, 0.15) is 44.7 Å². The molecule has 0 unspecified atom stereocenters. The Kier molecular flexibility index (Phi) is 2.86. The first-order valence-corrected chi connectivity index (χ1v) is 4.94. The highest BCUT2D eigenvalue weighted by atomic mass is 16.3. The van der Waals surface area contributed by atoms with E-state index in [0.29, 0.717) is 11.7 Å². The van der Waals surface area contributed by atoms with E-state index in [9.17, 15) is 5.11 Å². The number of benzene rings is 1. The van der Waals surface area contributed by atoms with Gasteiger partial charge in [0.15, 0.2) is 0 Å². The largest absolute Gasteiger partial charge is 0.508 e. The molecule has 14 heavy (non-hydrogen) atoms. The zero-order valence-electron chi connectivity index (χ0n) is 9.33. The van der Waals surface area contributed by atoms with E-state index in [1.165, 1.54) is 0 Å². The lowest BCUT2D eigenvalue weighted by molar-refractivity contribution is 0.467. The fraction of sp³-hybridized carbons (Fsp3) is 0.500. The van der Waals surface area contributed by atoms with Gasteiger partial charge in [-0.3, -0.25) is 0 Å². The van der Waals surface area contributed by atoms with Crippen LogP contribution in [0.25, 0.3) is 0 Å². The van der Waals surface area contributed by atoms with E-state index in [2.05, 4.69) is 19.9 Å². The molecule has 2 heteroatoms. The summed E-state index contributed by atoms with van der Waals surface area (Å²) in [4.78, 5) is 0. The third-order valence-corrected chi connectivity index (χ3v) is 2.35. The third kappa shape index (κ3) is 2.48. The molecular formula is C12H19NO. The second-order valence-corrected chi connectivity index (χ2v) is 4.69. The standard InChI is InChI=1S/C12H19NO/c1-8(2)9-5-10(12(3,4)13)7-11(14)6-9/h5-8,14H,13H2,1-4H3. The van der Waals surface area contributed by atoms with Crippen molar-refractivity contribution in [2.75, 3.05) is 0 Å². The minimum Gasteiger partial charge on any atom is -0.508 e. The van der Waals surface area contributed by atoms with Crippen molar-refractivity contribution in [3.8, 4) is 5.75 Å². The molecule has 0 fully saturated rings. The summed E-state index contributed by atoms with van der Waals surface area (Å²) >= 11 is 0. The van der Waals surface area contributed by atoms with Crippen LogP contribution in [0.3, 0.4) is 0 Å². The molecule has 0 heterocycles. The zero-order chi connectivity index (χ0) is 10.9. The Morgan fingerprint density at radius 3 is 2.21 bits per heavy atom. The molecule has 78 valence electrons. The van der Waals surface area contributed by atoms with Gasteiger partial charge >= 0.3 is 0 Å². The minimum atomic E-state index is -0.400. The summed E-state index contributed by atoms with van der Waals surface area (Å²) in [5.74, 6) is 0.702. The number of nitrogens with two attached hydrogens (primary N) is 1. The van der Waals surface area contributed by atoms with Gasteiger partial charge in [-0.15, -0.1) is 0 Å². The van der Waals surface area contributed by atoms with Crippen molar-refractivity contribution in [2.45, 2.75) is 39.2 Å². The first-order valence-electron chi connectivity index (χ1n) is 4.94. The van der Waals surface area contributed by atoms with E-state index in [0.717, 1.165) is 11.1 Å². The zero-order valence-corrected chi connectivity index (χ0v) is 9.33. The molecule has 0 radical (unpaired) electrons. The van der Waals surface area contributed by atoms with Crippen LogP contribution in [0, 0.1) is 0 Å². The lowest BCUT2D eigenvalue weighted by Crippen LogP contribution is -2.28. The van der Waals surface area contributed by atoms with Gasteiger partial charge in [-0.1, -0.05) is 19.9 Å². The molecule has 0 aliphatic rings. The van der Waals surface area contributed by atoms with Crippen LogP contribution in [0.4, 0.5) is 0 Å². The number of phenolic OH excluding ortho intramolecular Hbond substituents is 1. The van der Waals surface area contributed by atoms with Gasteiger partial charge in [0, 0.05) is 5.54 Å². The van der Waals surface area contributed by atoms with Crippen LogP contribution >= 0.6 is 0 Å². The summed E-state index contributed by atoms with van der Waals surface area (Å²) in [6.07, 6.45) is 0. The molecule has 1 aromatic carbocycles. The molecule has 0 atom stereocenters. The molecule has 3 N–H and O–H groups in total. The quantitative estimate of drug-likeness (QED) is 0.758. The molecule has 0 amide bonds. The maximum absolute atomic E-state index is 9.55. The molecule has 0 bridgehead atoms. The molecule has 1 rings (SSSR count). The third-order valence-electron chi connectivity index (χ3n) is 2.35. The first kappa shape index (κ1) is 11.1. The average Bonchev–Trinajstić information content (AvgIpc) is 2.01. The fourth-order valence-electron chi connectivity index (χ4n) is 1.34. The molecule has 0 aliphatic carbocycles. The summed E-state index contributed by atoms with van der Waals surface area (Å²) < 4.78 is 0. The number of aromatic hydroxyl groups is 1. The van der Waals surface area contributed by atoms with Crippen molar-refractivity contribution in [2.24, 2.45) is 5.73 Å². The topological polar surface area (TPSA) is 46.2 Å². The first-order chi connectivity index (χ1) is 6.30. The Balaban J connectivity index is 3.21. The van der Waals surface area contributed by atoms with Gasteiger partial charge < -0.3 is 10.8 Å². The molecule has 1 aromatic rings. The summed E-state index contributed by atoms with van der Waals surface area (Å²) in [7, 11) is 0. The highest BCUT2D eigenvalue weighted by molar-refractivity contribution is 5.37. The maximum Gasteiger partial charge on any atom is 0.116 e. The predicted octanol–water partition coefficient (Wildman–Crippen LogP) is 2.71. The second kappa shape index (κ2) is 3.62. The van der Waals surface area contributed by atoms with Crippen molar-refractivity contribution in [3.05, 3.63) is 29.3 Å². The molecule has 0 saturated carbocycles. The summed E-state index contributed by atoms with van der Waals surface area (Å²) in [6, 6.07) is 5.58. The van der Waals surface area contributed by atoms with Gasteiger partial charge in [0.1, 0.15) is 5.75 Å². The van der Waals surface area contributed by atoms with Crippen LogP contribution in [0.2, 0.25) is 0 Å². The van der Waals surface area contributed by atoms with E-state index in [-0.39, 0.29) is 0 Å². The van der Waals surface area contributed by atoms with Crippen molar-refractivity contribution >= 4 is 0 Å². The fourth-order valence-corrected chi connectivity index (χ4v) is 1.34. The van der Waals surface area contributed by atoms with Gasteiger partial charge in [-0.25, -0.2) is 0 Å². The lowest BCUT2D eigenvalue weighted by Gasteiger charge is -2.21. The Morgan fingerprint density at radius 2 is 1.79 bits per heavy atom. The molecule has 2 nitrogen and oxygen atoms in total. The summed E-state index contributed by atoms with van der Waals surface area (Å²) in [5.41, 5.74) is 7.68. The lowest BCUT2D eigenvalue weighted by atomic mass is 9.91. The maximum atomic E-state index is 9.55. The number of phenols is 1. The summed E-state index contributed by atoms with van der Waals surface area (Å²) in [5, 5.41) is 9.55. The highest BCUT2D eigenvalue weighted by Crippen LogP contribution is 2.27. The Morgan fingerprint density at radius 1 is 1.21 bits per heavy atom. The highest BCUT2D eigenvalue weighted by Gasteiger charge is 2.16.